The van der Waals surface area contributed by atoms with Gasteiger partial charge in [-0.25, -0.2) is 8.42 Å². The average molecular weight is 443 g/mol. The van der Waals surface area contributed by atoms with Crippen molar-refractivity contribution in [3.63, 3.8) is 0 Å². The van der Waals surface area contributed by atoms with Crippen LogP contribution in [-0.2, 0) is 24.2 Å². The van der Waals surface area contributed by atoms with Gasteiger partial charge in [-0.2, -0.15) is 0 Å². The number of hydrogen-bond donors (Lipinski definition) is 1. The summed E-state index contributed by atoms with van der Waals surface area (Å²) in [6.07, 6.45) is 4.62. The first-order chi connectivity index (χ1) is 14.4. The molecule has 0 aromatic heterocycles. The highest BCUT2D eigenvalue weighted by Gasteiger charge is 2.37. The summed E-state index contributed by atoms with van der Waals surface area (Å²) in [5.41, 5.74) is 0. The van der Waals surface area contributed by atoms with Crippen LogP contribution in [0.2, 0.25) is 0 Å². The van der Waals surface area contributed by atoms with Crippen LogP contribution in [0.15, 0.2) is 0 Å². The zero-order valence-electron chi connectivity index (χ0n) is 17.6. The largest absolute Gasteiger partial charge is 0.376 e. The van der Waals surface area contributed by atoms with E-state index in [0.29, 0.717) is 38.7 Å². The van der Waals surface area contributed by atoms with Gasteiger partial charge in [0.2, 0.25) is 11.8 Å². The van der Waals surface area contributed by atoms with Crippen LogP contribution < -0.4 is 5.32 Å². The van der Waals surface area contributed by atoms with Crippen molar-refractivity contribution in [1.82, 2.24) is 20.0 Å². The number of carbonyl (C=O) groups is 2. The molecule has 0 unspecified atom stereocenters. The minimum atomic E-state index is -3.06. The van der Waals surface area contributed by atoms with E-state index in [1.807, 2.05) is 0 Å². The highest BCUT2D eigenvalue weighted by Crippen LogP contribution is 2.22. The normalized spacial score (nSPS) is 29.7. The van der Waals surface area contributed by atoms with Crippen molar-refractivity contribution in [2.45, 2.75) is 50.3 Å². The lowest BCUT2D eigenvalue weighted by Gasteiger charge is -2.36. The fourth-order valence-corrected chi connectivity index (χ4v) is 6.31. The molecule has 3 heterocycles. The highest BCUT2D eigenvalue weighted by molar-refractivity contribution is 7.91. The van der Waals surface area contributed by atoms with Crippen LogP contribution in [-0.4, -0.2) is 117 Å². The van der Waals surface area contributed by atoms with Crippen LogP contribution in [0, 0.1) is 0 Å². The van der Waals surface area contributed by atoms with E-state index >= 15 is 0 Å². The Bertz CT molecular complexity index is 727. The number of sulfone groups is 1. The van der Waals surface area contributed by atoms with Crippen molar-refractivity contribution >= 4 is 21.7 Å². The molecular weight excluding hydrogens is 408 g/mol. The maximum atomic E-state index is 13.1. The van der Waals surface area contributed by atoms with E-state index in [1.165, 1.54) is 0 Å². The van der Waals surface area contributed by atoms with E-state index in [-0.39, 0.29) is 35.5 Å². The van der Waals surface area contributed by atoms with Gasteiger partial charge in [0, 0.05) is 51.4 Å². The number of nitrogens with one attached hydrogen (secondary N) is 1. The Kier molecular flexibility index (Phi) is 6.96. The molecule has 3 aliphatic heterocycles. The second kappa shape index (κ2) is 9.50. The number of rotatable bonds is 8. The molecule has 10 heteroatoms. The lowest BCUT2D eigenvalue weighted by Crippen LogP contribution is -2.54. The van der Waals surface area contributed by atoms with E-state index in [1.54, 1.807) is 4.90 Å². The maximum absolute atomic E-state index is 13.1. The van der Waals surface area contributed by atoms with Gasteiger partial charge in [0.1, 0.15) is 0 Å². The summed E-state index contributed by atoms with van der Waals surface area (Å²) in [5.74, 6) is 0.309. The Morgan fingerprint density at radius 3 is 2.27 bits per heavy atom. The van der Waals surface area contributed by atoms with Gasteiger partial charge in [-0.1, -0.05) is 0 Å². The van der Waals surface area contributed by atoms with Gasteiger partial charge < -0.3 is 15.0 Å². The summed E-state index contributed by atoms with van der Waals surface area (Å²) in [7, 11) is -3.06. The number of hydrogen-bond acceptors (Lipinski definition) is 7. The van der Waals surface area contributed by atoms with Gasteiger partial charge in [-0.15, -0.1) is 0 Å². The monoisotopic (exact) mass is 442 g/mol. The second-order valence-corrected chi connectivity index (χ2v) is 11.4. The number of piperazine rings is 1. The lowest BCUT2D eigenvalue weighted by atomic mass is 10.1. The Morgan fingerprint density at radius 2 is 1.70 bits per heavy atom. The first-order valence-corrected chi connectivity index (χ1v) is 13.1. The number of nitrogens with zero attached hydrogens (tertiary/aromatic N) is 3. The molecule has 30 heavy (non-hydrogen) atoms. The van der Waals surface area contributed by atoms with E-state index in [9.17, 15) is 18.0 Å². The van der Waals surface area contributed by atoms with Crippen molar-refractivity contribution in [2.75, 3.05) is 63.9 Å². The number of amides is 2. The second-order valence-electron chi connectivity index (χ2n) is 9.13. The van der Waals surface area contributed by atoms with Gasteiger partial charge in [-0.05, 0) is 32.1 Å². The Labute approximate surface area is 179 Å². The van der Waals surface area contributed by atoms with E-state index in [0.717, 1.165) is 51.9 Å². The zero-order valence-corrected chi connectivity index (χ0v) is 18.4. The van der Waals surface area contributed by atoms with Crippen molar-refractivity contribution in [3.05, 3.63) is 0 Å². The number of carbonyl (C=O) groups excluding carboxylic acids is 2. The first-order valence-electron chi connectivity index (χ1n) is 11.2. The molecular formula is C20H34N4O5S. The molecule has 2 amide bonds. The number of ether oxygens (including phenoxy) is 1. The van der Waals surface area contributed by atoms with Crippen LogP contribution in [0.4, 0.5) is 0 Å². The zero-order chi connectivity index (χ0) is 21.1. The summed E-state index contributed by atoms with van der Waals surface area (Å²) in [4.78, 5) is 31.1. The SMILES string of the molecule is O=C(CN1CCN(CC(=O)N(C[C@H]2CCCO2)[C@H]2CCS(=O)(=O)C2)CC1)NC1CC1. The predicted molar refractivity (Wildman–Crippen MR) is 112 cm³/mol. The third kappa shape index (κ3) is 6.15. The van der Waals surface area contributed by atoms with Gasteiger partial charge in [0.05, 0.1) is 30.7 Å². The van der Waals surface area contributed by atoms with Gasteiger partial charge in [-0.3, -0.25) is 19.4 Å². The van der Waals surface area contributed by atoms with Crippen LogP contribution in [0.25, 0.3) is 0 Å². The van der Waals surface area contributed by atoms with Crippen molar-refractivity contribution in [3.8, 4) is 0 Å². The maximum Gasteiger partial charge on any atom is 0.237 e. The molecule has 1 aliphatic carbocycles. The molecule has 0 bridgehead atoms. The molecule has 4 fully saturated rings. The first kappa shape index (κ1) is 22.0. The quantitative estimate of drug-likeness (QED) is 0.519. The minimum absolute atomic E-state index is 0.00692. The summed E-state index contributed by atoms with van der Waals surface area (Å²) < 4.78 is 29.7. The molecule has 1 saturated carbocycles. The molecule has 170 valence electrons. The molecule has 0 aromatic rings. The summed E-state index contributed by atoms with van der Waals surface area (Å²) in [6.45, 7) is 4.91. The third-order valence-electron chi connectivity index (χ3n) is 6.53. The van der Waals surface area contributed by atoms with Crippen molar-refractivity contribution in [2.24, 2.45) is 0 Å². The van der Waals surface area contributed by atoms with Crippen LogP contribution >= 0.6 is 0 Å². The van der Waals surface area contributed by atoms with E-state index in [4.69, 9.17) is 4.74 Å². The van der Waals surface area contributed by atoms with Gasteiger partial charge >= 0.3 is 0 Å². The Morgan fingerprint density at radius 1 is 1.00 bits per heavy atom. The highest BCUT2D eigenvalue weighted by atomic mass is 32.2. The average Bonchev–Trinajstić information content (AvgIpc) is 3.21. The molecule has 1 N–H and O–H groups in total. The summed E-state index contributed by atoms with van der Waals surface area (Å²) in [5, 5.41) is 3.02. The topological polar surface area (TPSA) is 99.3 Å². The summed E-state index contributed by atoms with van der Waals surface area (Å²) >= 11 is 0. The Hall–Kier alpha value is -1.23. The molecule has 2 atom stereocenters. The van der Waals surface area contributed by atoms with Crippen molar-refractivity contribution < 1.29 is 22.7 Å². The van der Waals surface area contributed by atoms with Crippen LogP contribution in [0.1, 0.15) is 32.1 Å². The molecule has 0 radical (unpaired) electrons. The standard InChI is InChI=1S/C20H34N4O5S/c25-19(21-16-3-4-16)13-22-6-8-23(9-7-22)14-20(26)24(12-18-2-1-10-29-18)17-5-11-30(27,28)15-17/h16-18H,1-15H2,(H,21,25)/t17-,18+/m0/s1. The smallest absolute Gasteiger partial charge is 0.237 e. The molecule has 4 rings (SSSR count). The van der Waals surface area contributed by atoms with Gasteiger partial charge in [0.15, 0.2) is 9.84 Å². The predicted octanol–water partition coefficient (Wildman–Crippen LogP) is -0.923. The fourth-order valence-electron chi connectivity index (χ4n) is 4.58. The molecule has 9 nitrogen and oxygen atoms in total. The van der Waals surface area contributed by atoms with E-state index in [2.05, 4.69) is 15.1 Å². The minimum Gasteiger partial charge on any atom is -0.376 e. The molecule has 0 aromatic carbocycles. The molecule has 4 aliphatic rings. The van der Waals surface area contributed by atoms with Crippen LogP contribution in [0.3, 0.4) is 0 Å². The third-order valence-corrected chi connectivity index (χ3v) is 8.28. The Balaban J connectivity index is 1.27. The van der Waals surface area contributed by atoms with Gasteiger partial charge in [0.25, 0.3) is 0 Å². The fraction of sp³-hybridized carbons (Fsp3) is 0.900. The lowest BCUT2D eigenvalue weighted by molar-refractivity contribution is -0.136. The molecule has 0 spiro atoms. The van der Waals surface area contributed by atoms with Crippen molar-refractivity contribution in [1.29, 1.82) is 0 Å². The summed E-state index contributed by atoms with van der Waals surface area (Å²) in [6, 6.07) is 0.143. The van der Waals surface area contributed by atoms with Crippen LogP contribution in [0.5, 0.6) is 0 Å². The molecule has 3 saturated heterocycles. The van der Waals surface area contributed by atoms with E-state index < -0.39 is 9.84 Å².